The predicted octanol–water partition coefficient (Wildman–Crippen LogP) is 4.12. The third-order valence-corrected chi connectivity index (χ3v) is 5.19. The van der Waals surface area contributed by atoms with Crippen LogP contribution in [0.25, 0.3) is 0 Å². The van der Waals surface area contributed by atoms with Gasteiger partial charge in [0.25, 0.3) is 11.8 Å². The minimum Gasteiger partial charge on any atom is -0.497 e. The lowest BCUT2D eigenvalue weighted by molar-refractivity contribution is -0.118. The number of carbonyl (C=O) groups is 2. The summed E-state index contributed by atoms with van der Waals surface area (Å²) in [6.45, 7) is 2.62. The van der Waals surface area contributed by atoms with Gasteiger partial charge in [-0.15, -0.1) is 0 Å². The van der Waals surface area contributed by atoms with E-state index >= 15 is 0 Å². The maximum atomic E-state index is 12.8. The van der Waals surface area contributed by atoms with Gasteiger partial charge >= 0.3 is 0 Å². The first kappa shape index (κ1) is 20.7. The van der Waals surface area contributed by atoms with Gasteiger partial charge in [-0.2, -0.15) is 0 Å². The van der Waals surface area contributed by atoms with Crippen LogP contribution in [-0.2, 0) is 4.79 Å². The van der Waals surface area contributed by atoms with Crippen LogP contribution in [0, 0.1) is 0 Å². The lowest BCUT2D eigenvalue weighted by Crippen LogP contribution is -2.38. The second-order valence-electron chi connectivity index (χ2n) is 7.12. The zero-order chi connectivity index (χ0) is 20.6. The molecule has 1 aliphatic rings. The number of hydrogen-bond donors (Lipinski definition) is 1. The normalized spacial score (nSPS) is 13.7. The number of benzene rings is 2. The lowest BCUT2D eigenvalue weighted by Gasteiger charge is -2.27. The number of hydrogen-bond acceptors (Lipinski definition) is 4. The molecule has 3 rings (SSSR count). The minimum atomic E-state index is -0.267. The average molecular weight is 396 g/mol. The fraction of sp³-hybridized carbons (Fsp3) is 0.391. The Hall–Kier alpha value is -3.02. The summed E-state index contributed by atoms with van der Waals surface area (Å²) in [5, 5.41) is 2.77. The molecular weight excluding hydrogens is 368 g/mol. The highest BCUT2D eigenvalue weighted by Gasteiger charge is 2.26. The molecule has 0 radical (unpaired) electrons. The first-order chi connectivity index (χ1) is 14.1. The molecular formula is C23H28N2O4. The summed E-state index contributed by atoms with van der Waals surface area (Å²) >= 11 is 0. The molecule has 6 nitrogen and oxygen atoms in total. The summed E-state index contributed by atoms with van der Waals surface area (Å²) in [6, 6.07) is 14.5. The highest BCUT2D eigenvalue weighted by Crippen LogP contribution is 2.25. The Balaban J connectivity index is 1.53. The van der Waals surface area contributed by atoms with Crippen molar-refractivity contribution in [3.8, 4) is 11.5 Å². The Morgan fingerprint density at radius 2 is 1.79 bits per heavy atom. The first-order valence-electron chi connectivity index (χ1n) is 10.1. The van der Waals surface area contributed by atoms with E-state index in [-0.39, 0.29) is 18.4 Å². The molecule has 1 fully saturated rings. The standard InChI is InChI=1S/C23H28N2O4/c1-3-25(19-8-4-5-9-19)23(27)17-11-13-20(14-12-17)29-16-22(26)24-18-7-6-10-21(15-18)28-2/h6-7,10-15,19H,3-5,8-9,16H2,1-2H3,(H,24,26). The van der Waals surface area contributed by atoms with Gasteiger partial charge in [-0.05, 0) is 56.2 Å². The SMILES string of the molecule is CCN(C(=O)c1ccc(OCC(=O)Nc2cccc(OC)c2)cc1)C1CCCC1. The van der Waals surface area contributed by atoms with Crippen LogP contribution in [0.4, 0.5) is 5.69 Å². The van der Waals surface area contributed by atoms with E-state index in [1.54, 1.807) is 55.6 Å². The van der Waals surface area contributed by atoms with Crippen molar-refractivity contribution < 1.29 is 19.1 Å². The molecule has 2 aromatic rings. The third kappa shape index (κ3) is 5.50. The van der Waals surface area contributed by atoms with E-state index in [0.29, 0.717) is 35.3 Å². The molecule has 0 aromatic heterocycles. The molecule has 1 N–H and O–H groups in total. The molecule has 29 heavy (non-hydrogen) atoms. The van der Waals surface area contributed by atoms with Crippen LogP contribution in [0.2, 0.25) is 0 Å². The molecule has 0 saturated heterocycles. The molecule has 0 atom stereocenters. The zero-order valence-corrected chi connectivity index (χ0v) is 17.0. The van der Waals surface area contributed by atoms with E-state index in [0.717, 1.165) is 12.8 Å². The first-order valence-corrected chi connectivity index (χ1v) is 10.1. The number of amides is 2. The fourth-order valence-corrected chi connectivity index (χ4v) is 3.69. The van der Waals surface area contributed by atoms with Crippen molar-refractivity contribution in [2.45, 2.75) is 38.6 Å². The molecule has 0 spiro atoms. The molecule has 0 aliphatic heterocycles. The molecule has 2 amide bonds. The quantitative estimate of drug-likeness (QED) is 0.729. The van der Waals surface area contributed by atoms with Gasteiger partial charge in [-0.3, -0.25) is 9.59 Å². The summed E-state index contributed by atoms with van der Waals surface area (Å²) in [5.74, 6) is 1.01. The Bertz CT molecular complexity index is 829. The minimum absolute atomic E-state index is 0.0571. The molecule has 0 bridgehead atoms. The lowest BCUT2D eigenvalue weighted by atomic mass is 10.1. The number of nitrogens with one attached hydrogen (secondary N) is 1. The van der Waals surface area contributed by atoms with E-state index in [1.807, 2.05) is 11.8 Å². The van der Waals surface area contributed by atoms with Gasteiger partial charge in [-0.1, -0.05) is 18.9 Å². The summed E-state index contributed by atoms with van der Waals surface area (Å²) in [5.41, 5.74) is 1.29. The van der Waals surface area contributed by atoms with Crippen LogP contribution >= 0.6 is 0 Å². The van der Waals surface area contributed by atoms with Gasteiger partial charge in [0.1, 0.15) is 11.5 Å². The van der Waals surface area contributed by atoms with Crippen LogP contribution in [0.3, 0.4) is 0 Å². The van der Waals surface area contributed by atoms with Crippen molar-refractivity contribution in [1.29, 1.82) is 0 Å². The molecule has 2 aromatic carbocycles. The maximum absolute atomic E-state index is 12.8. The number of carbonyl (C=O) groups excluding carboxylic acids is 2. The van der Waals surface area contributed by atoms with Crippen LogP contribution in [0.15, 0.2) is 48.5 Å². The molecule has 6 heteroatoms. The summed E-state index contributed by atoms with van der Waals surface area (Å²) in [4.78, 5) is 26.9. The summed E-state index contributed by atoms with van der Waals surface area (Å²) < 4.78 is 10.7. The topological polar surface area (TPSA) is 67.9 Å². The summed E-state index contributed by atoms with van der Waals surface area (Å²) in [7, 11) is 1.58. The smallest absolute Gasteiger partial charge is 0.262 e. The van der Waals surface area contributed by atoms with E-state index < -0.39 is 0 Å². The van der Waals surface area contributed by atoms with Gasteiger partial charge in [-0.25, -0.2) is 0 Å². The zero-order valence-electron chi connectivity index (χ0n) is 17.0. The van der Waals surface area contributed by atoms with Crippen molar-refractivity contribution in [2.24, 2.45) is 0 Å². The predicted molar refractivity (Wildman–Crippen MR) is 113 cm³/mol. The number of nitrogens with zero attached hydrogens (tertiary/aromatic N) is 1. The van der Waals surface area contributed by atoms with Crippen LogP contribution in [-0.4, -0.2) is 43.0 Å². The highest BCUT2D eigenvalue weighted by molar-refractivity contribution is 5.94. The molecule has 0 heterocycles. The van der Waals surface area contributed by atoms with E-state index in [9.17, 15) is 9.59 Å². The number of ether oxygens (including phenoxy) is 2. The van der Waals surface area contributed by atoms with Crippen molar-refractivity contribution in [2.75, 3.05) is 25.6 Å². The average Bonchev–Trinajstić information content (AvgIpc) is 3.27. The molecule has 154 valence electrons. The van der Waals surface area contributed by atoms with Gasteiger partial charge in [0.15, 0.2) is 6.61 Å². The number of rotatable bonds is 8. The van der Waals surface area contributed by atoms with Gasteiger partial charge in [0.05, 0.1) is 7.11 Å². The molecule has 1 aliphatic carbocycles. The van der Waals surface area contributed by atoms with E-state index in [4.69, 9.17) is 9.47 Å². The van der Waals surface area contributed by atoms with Gasteiger partial charge in [0.2, 0.25) is 0 Å². The Kier molecular flexibility index (Phi) is 7.11. The van der Waals surface area contributed by atoms with E-state index in [1.165, 1.54) is 12.8 Å². The highest BCUT2D eigenvalue weighted by atomic mass is 16.5. The third-order valence-electron chi connectivity index (χ3n) is 5.19. The Morgan fingerprint density at radius 3 is 2.45 bits per heavy atom. The molecule has 1 saturated carbocycles. The summed E-state index contributed by atoms with van der Waals surface area (Å²) in [6.07, 6.45) is 4.56. The number of anilines is 1. The second kappa shape index (κ2) is 9.96. The van der Waals surface area contributed by atoms with Crippen molar-refractivity contribution in [1.82, 2.24) is 4.90 Å². The number of methoxy groups -OCH3 is 1. The van der Waals surface area contributed by atoms with Gasteiger partial charge in [0, 0.05) is 29.9 Å². The maximum Gasteiger partial charge on any atom is 0.262 e. The van der Waals surface area contributed by atoms with Gasteiger partial charge < -0.3 is 19.7 Å². The van der Waals surface area contributed by atoms with Crippen molar-refractivity contribution in [3.05, 3.63) is 54.1 Å². The Labute approximate surface area is 171 Å². The molecule has 0 unspecified atom stereocenters. The van der Waals surface area contributed by atoms with Crippen LogP contribution in [0.5, 0.6) is 11.5 Å². The Morgan fingerprint density at radius 1 is 1.07 bits per heavy atom. The fourth-order valence-electron chi connectivity index (χ4n) is 3.69. The van der Waals surface area contributed by atoms with Crippen LogP contribution in [0.1, 0.15) is 43.0 Å². The second-order valence-corrected chi connectivity index (χ2v) is 7.12. The van der Waals surface area contributed by atoms with Crippen molar-refractivity contribution in [3.63, 3.8) is 0 Å². The largest absolute Gasteiger partial charge is 0.497 e. The van der Waals surface area contributed by atoms with E-state index in [2.05, 4.69) is 5.32 Å². The van der Waals surface area contributed by atoms with Crippen LogP contribution < -0.4 is 14.8 Å². The monoisotopic (exact) mass is 396 g/mol. The van der Waals surface area contributed by atoms with Crippen molar-refractivity contribution >= 4 is 17.5 Å².